The van der Waals surface area contributed by atoms with E-state index in [9.17, 15) is 0 Å². The Labute approximate surface area is 188 Å². The second-order valence-electron chi connectivity index (χ2n) is 8.00. The molecule has 0 fully saturated rings. The molecular formula is C26H25N5O. The standard InChI is InChI=1S/C26H25N5O/c1-19-13-20(2)31(28-19)23-9-5-11-25(15-23)32-24-10-4-8-22(14-24)30-17-26(29(3)18-30)21-7-6-12-27-16-21/h4-17H,18H2,1-3H3. The summed E-state index contributed by atoms with van der Waals surface area (Å²) in [6, 6.07) is 22.3. The van der Waals surface area contributed by atoms with E-state index < -0.39 is 0 Å². The number of hydrogen-bond acceptors (Lipinski definition) is 5. The van der Waals surface area contributed by atoms with Crippen molar-refractivity contribution in [3.63, 3.8) is 0 Å². The Morgan fingerprint density at radius 3 is 2.31 bits per heavy atom. The van der Waals surface area contributed by atoms with E-state index >= 15 is 0 Å². The summed E-state index contributed by atoms with van der Waals surface area (Å²) in [5, 5.41) is 4.57. The largest absolute Gasteiger partial charge is 0.457 e. The molecule has 1 aliphatic rings. The van der Waals surface area contributed by atoms with Crippen molar-refractivity contribution in [3.05, 3.63) is 102 Å². The van der Waals surface area contributed by atoms with Gasteiger partial charge >= 0.3 is 0 Å². The summed E-state index contributed by atoms with van der Waals surface area (Å²) in [6.07, 6.45) is 5.84. The van der Waals surface area contributed by atoms with Gasteiger partial charge in [0, 0.05) is 54.7 Å². The van der Waals surface area contributed by atoms with Gasteiger partial charge in [-0.1, -0.05) is 12.1 Å². The van der Waals surface area contributed by atoms with Crippen LogP contribution >= 0.6 is 0 Å². The molecule has 0 unspecified atom stereocenters. The topological polar surface area (TPSA) is 46.4 Å². The Balaban J connectivity index is 1.38. The smallest absolute Gasteiger partial charge is 0.129 e. The second-order valence-corrected chi connectivity index (χ2v) is 8.00. The van der Waals surface area contributed by atoms with Crippen molar-refractivity contribution in [2.45, 2.75) is 13.8 Å². The summed E-state index contributed by atoms with van der Waals surface area (Å²) in [6.45, 7) is 4.82. The number of anilines is 1. The molecule has 4 aromatic rings. The number of aryl methyl sites for hydroxylation is 2. The Morgan fingerprint density at radius 2 is 1.62 bits per heavy atom. The number of ether oxygens (including phenoxy) is 1. The number of pyridine rings is 1. The van der Waals surface area contributed by atoms with Gasteiger partial charge in [0.1, 0.15) is 11.5 Å². The predicted octanol–water partition coefficient (Wildman–Crippen LogP) is 5.38. The molecule has 0 N–H and O–H groups in total. The first kappa shape index (κ1) is 19.9. The number of hydrogen-bond donors (Lipinski definition) is 0. The molecule has 6 nitrogen and oxygen atoms in total. The van der Waals surface area contributed by atoms with Crippen molar-refractivity contribution in [2.24, 2.45) is 0 Å². The van der Waals surface area contributed by atoms with E-state index in [-0.39, 0.29) is 0 Å². The lowest BCUT2D eigenvalue weighted by Gasteiger charge is -2.20. The quantitative estimate of drug-likeness (QED) is 0.431. The van der Waals surface area contributed by atoms with Gasteiger partial charge in [0.15, 0.2) is 0 Å². The monoisotopic (exact) mass is 423 g/mol. The van der Waals surface area contributed by atoms with Gasteiger partial charge < -0.3 is 14.5 Å². The van der Waals surface area contributed by atoms with E-state index in [0.29, 0.717) is 0 Å². The van der Waals surface area contributed by atoms with E-state index in [1.54, 1.807) is 6.20 Å². The van der Waals surface area contributed by atoms with E-state index in [0.717, 1.165) is 52.2 Å². The predicted molar refractivity (Wildman–Crippen MR) is 127 cm³/mol. The molecule has 0 saturated carbocycles. The first-order valence-corrected chi connectivity index (χ1v) is 10.6. The Bertz CT molecular complexity index is 1280. The number of rotatable bonds is 5. The fourth-order valence-corrected chi connectivity index (χ4v) is 3.99. The summed E-state index contributed by atoms with van der Waals surface area (Å²) in [7, 11) is 2.09. The highest BCUT2D eigenvalue weighted by Gasteiger charge is 2.20. The van der Waals surface area contributed by atoms with Gasteiger partial charge in [-0.2, -0.15) is 5.10 Å². The van der Waals surface area contributed by atoms with Gasteiger partial charge in [-0.05, 0) is 56.3 Å². The fourth-order valence-electron chi connectivity index (χ4n) is 3.99. The number of benzene rings is 2. The third kappa shape index (κ3) is 3.95. The molecule has 5 rings (SSSR count). The van der Waals surface area contributed by atoms with Crippen LogP contribution in [0.2, 0.25) is 0 Å². The molecule has 32 heavy (non-hydrogen) atoms. The average molecular weight is 424 g/mol. The molecule has 0 bridgehead atoms. The van der Waals surface area contributed by atoms with Gasteiger partial charge in [-0.25, -0.2) is 4.68 Å². The van der Waals surface area contributed by atoms with Crippen LogP contribution in [0.5, 0.6) is 11.5 Å². The highest BCUT2D eigenvalue weighted by molar-refractivity contribution is 5.71. The number of aromatic nitrogens is 3. The van der Waals surface area contributed by atoms with Crippen molar-refractivity contribution < 1.29 is 4.74 Å². The molecule has 0 saturated heterocycles. The molecule has 0 atom stereocenters. The van der Waals surface area contributed by atoms with E-state index in [1.807, 2.05) is 60.3 Å². The zero-order valence-electron chi connectivity index (χ0n) is 18.4. The Hall–Kier alpha value is -4.06. The summed E-state index contributed by atoms with van der Waals surface area (Å²) >= 11 is 0. The van der Waals surface area contributed by atoms with Crippen LogP contribution in [0.3, 0.4) is 0 Å². The molecule has 0 aliphatic carbocycles. The molecule has 0 spiro atoms. The second kappa shape index (κ2) is 8.23. The number of nitrogens with zero attached hydrogens (tertiary/aromatic N) is 5. The minimum atomic E-state index is 0.765. The van der Waals surface area contributed by atoms with Crippen molar-refractivity contribution in [1.82, 2.24) is 19.7 Å². The summed E-state index contributed by atoms with van der Waals surface area (Å²) in [4.78, 5) is 8.67. The van der Waals surface area contributed by atoms with Crippen LogP contribution in [-0.4, -0.2) is 33.4 Å². The minimum Gasteiger partial charge on any atom is -0.457 e. The maximum atomic E-state index is 6.21. The summed E-state index contributed by atoms with van der Waals surface area (Å²) < 4.78 is 8.15. The maximum Gasteiger partial charge on any atom is 0.129 e. The first-order chi connectivity index (χ1) is 15.6. The van der Waals surface area contributed by atoms with Crippen LogP contribution in [0.25, 0.3) is 11.4 Å². The normalized spacial score (nSPS) is 13.4. The van der Waals surface area contributed by atoms with Crippen LogP contribution in [0.1, 0.15) is 17.0 Å². The fraction of sp³-hybridized carbons (Fsp3) is 0.154. The molecule has 1 aliphatic heterocycles. The highest BCUT2D eigenvalue weighted by atomic mass is 16.5. The average Bonchev–Trinajstić information content (AvgIpc) is 3.36. The van der Waals surface area contributed by atoms with Gasteiger partial charge in [0.25, 0.3) is 0 Å². The molecule has 0 radical (unpaired) electrons. The first-order valence-electron chi connectivity index (χ1n) is 10.6. The molecular weight excluding hydrogens is 398 g/mol. The van der Waals surface area contributed by atoms with Gasteiger partial charge in [-0.3, -0.25) is 4.98 Å². The van der Waals surface area contributed by atoms with Gasteiger partial charge in [0.05, 0.1) is 23.7 Å². The maximum absolute atomic E-state index is 6.21. The molecule has 2 aromatic heterocycles. The molecule has 6 heteroatoms. The third-order valence-corrected chi connectivity index (χ3v) is 5.47. The highest BCUT2D eigenvalue weighted by Crippen LogP contribution is 2.32. The van der Waals surface area contributed by atoms with E-state index in [1.165, 1.54) is 0 Å². The van der Waals surface area contributed by atoms with Crippen LogP contribution in [0.4, 0.5) is 5.69 Å². The minimum absolute atomic E-state index is 0.765. The van der Waals surface area contributed by atoms with Crippen molar-refractivity contribution in [3.8, 4) is 17.2 Å². The third-order valence-electron chi connectivity index (χ3n) is 5.47. The van der Waals surface area contributed by atoms with Crippen LogP contribution in [0, 0.1) is 13.8 Å². The van der Waals surface area contributed by atoms with E-state index in [4.69, 9.17) is 4.74 Å². The SMILES string of the molecule is Cc1cc(C)n(-c2cccc(Oc3cccc(N4C=C(c5cccnc5)N(C)C4)c3)c2)n1. The molecule has 0 amide bonds. The van der Waals surface area contributed by atoms with Gasteiger partial charge in [-0.15, -0.1) is 0 Å². The molecule has 2 aromatic carbocycles. The Kier molecular flexibility index (Phi) is 5.11. The van der Waals surface area contributed by atoms with Crippen molar-refractivity contribution in [2.75, 3.05) is 18.6 Å². The van der Waals surface area contributed by atoms with E-state index in [2.05, 4.69) is 64.3 Å². The lowest BCUT2D eigenvalue weighted by molar-refractivity contribution is 0.481. The zero-order valence-corrected chi connectivity index (χ0v) is 18.4. The molecule has 160 valence electrons. The van der Waals surface area contributed by atoms with Gasteiger partial charge in [0.2, 0.25) is 0 Å². The Morgan fingerprint density at radius 1 is 0.875 bits per heavy atom. The summed E-state index contributed by atoms with van der Waals surface area (Å²) in [5.41, 5.74) is 6.39. The van der Waals surface area contributed by atoms with Crippen LogP contribution < -0.4 is 9.64 Å². The van der Waals surface area contributed by atoms with Crippen molar-refractivity contribution in [1.29, 1.82) is 0 Å². The molecule has 3 heterocycles. The lowest BCUT2D eigenvalue weighted by Crippen LogP contribution is -2.22. The lowest BCUT2D eigenvalue weighted by atomic mass is 10.2. The summed E-state index contributed by atoms with van der Waals surface area (Å²) in [5.74, 6) is 1.57. The van der Waals surface area contributed by atoms with Crippen LogP contribution in [-0.2, 0) is 0 Å². The van der Waals surface area contributed by atoms with Crippen LogP contribution in [0.15, 0.2) is 85.3 Å². The zero-order chi connectivity index (χ0) is 22.1. The van der Waals surface area contributed by atoms with Crippen molar-refractivity contribution >= 4 is 11.4 Å².